The molecule has 2 aliphatic heterocycles. The van der Waals surface area contributed by atoms with E-state index < -0.39 is 5.82 Å². The van der Waals surface area contributed by atoms with Crippen molar-refractivity contribution in [2.75, 3.05) is 45.1 Å². The molecule has 2 aromatic heterocycles. The number of amides is 1. The lowest BCUT2D eigenvalue weighted by Crippen LogP contribution is -2.57. The first kappa shape index (κ1) is 24.8. The molecule has 0 bridgehead atoms. The Balaban J connectivity index is 1.40. The number of halogens is 1. The number of hydrogen-bond acceptors (Lipinski definition) is 7. The van der Waals surface area contributed by atoms with Gasteiger partial charge in [-0.2, -0.15) is 0 Å². The zero-order valence-corrected chi connectivity index (χ0v) is 21.0. The Morgan fingerprint density at radius 2 is 1.92 bits per heavy atom. The van der Waals surface area contributed by atoms with Crippen molar-refractivity contribution in [3.63, 3.8) is 0 Å². The number of carbonyl (C=O) groups is 1. The predicted octanol–water partition coefficient (Wildman–Crippen LogP) is 2.69. The highest BCUT2D eigenvalue weighted by atomic mass is 19.1. The normalized spacial score (nSPS) is 16.1. The molecule has 2 fully saturated rings. The molecular formula is C28H29FN6O2. The van der Waals surface area contributed by atoms with Crippen LogP contribution in [0.1, 0.15) is 39.7 Å². The van der Waals surface area contributed by atoms with Gasteiger partial charge in [0.2, 0.25) is 0 Å². The molecule has 0 spiro atoms. The van der Waals surface area contributed by atoms with E-state index in [-0.39, 0.29) is 11.5 Å². The maximum atomic E-state index is 15.3. The number of carbonyl (C=O) groups excluding carboxylic acids is 1. The highest BCUT2D eigenvalue weighted by Crippen LogP contribution is 2.26. The standard InChI is InChI=1S/C28H29FN6O2/c1-3-25-23(7-5-20-14-31-26(30)12-18(20)2)27(33-17-32-25)19-4-6-22(24(29)13-19)28(36)35-10-8-34(9-11-35)21-15-37-16-21/h4,6,12-14,17,21H,3,8-11,15-16H2,1-2H3,(H2,30,31). The maximum absolute atomic E-state index is 15.3. The molecule has 2 N–H and O–H groups in total. The van der Waals surface area contributed by atoms with Crippen molar-refractivity contribution in [1.82, 2.24) is 24.8 Å². The third kappa shape index (κ3) is 5.17. The van der Waals surface area contributed by atoms with Crippen molar-refractivity contribution in [1.29, 1.82) is 0 Å². The molecule has 2 aliphatic rings. The molecule has 0 atom stereocenters. The fourth-order valence-electron chi connectivity index (χ4n) is 4.61. The smallest absolute Gasteiger partial charge is 0.256 e. The van der Waals surface area contributed by atoms with Gasteiger partial charge in [-0.3, -0.25) is 9.69 Å². The van der Waals surface area contributed by atoms with E-state index in [1.54, 1.807) is 23.2 Å². The number of nitrogen functional groups attached to an aromatic ring is 1. The third-order valence-corrected chi connectivity index (χ3v) is 6.93. The number of piperazine rings is 1. The van der Waals surface area contributed by atoms with Crippen LogP contribution >= 0.6 is 0 Å². The summed E-state index contributed by atoms with van der Waals surface area (Å²) in [4.78, 5) is 30.1. The molecule has 9 heteroatoms. The summed E-state index contributed by atoms with van der Waals surface area (Å²) >= 11 is 0. The van der Waals surface area contributed by atoms with Crippen LogP contribution in [0, 0.1) is 24.6 Å². The molecule has 0 aliphatic carbocycles. The van der Waals surface area contributed by atoms with Gasteiger partial charge in [-0.1, -0.05) is 24.8 Å². The average Bonchev–Trinajstić information content (AvgIpc) is 2.87. The van der Waals surface area contributed by atoms with Gasteiger partial charge < -0.3 is 15.4 Å². The first-order valence-corrected chi connectivity index (χ1v) is 12.4. The van der Waals surface area contributed by atoms with E-state index >= 15 is 4.39 Å². The molecule has 0 unspecified atom stereocenters. The number of aromatic nitrogens is 3. The van der Waals surface area contributed by atoms with Gasteiger partial charge in [0, 0.05) is 43.5 Å². The second-order valence-electron chi connectivity index (χ2n) is 9.29. The van der Waals surface area contributed by atoms with Crippen LogP contribution in [0.2, 0.25) is 0 Å². The fourth-order valence-corrected chi connectivity index (χ4v) is 4.61. The lowest BCUT2D eigenvalue weighted by atomic mass is 10.0. The summed E-state index contributed by atoms with van der Waals surface area (Å²) in [5, 5.41) is 0. The van der Waals surface area contributed by atoms with E-state index in [1.807, 2.05) is 13.8 Å². The summed E-state index contributed by atoms with van der Waals surface area (Å²) in [5.74, 6) is 5.87. The van der Waals surface area contributed by atoms with Crippen LogP contribution in [0.3, 0.4) is 0 Å². The molecule has 5 rings (SSSR count). The van der Waals surface area contributed by atoms with Crippen LogP contribution in [0.15, 0.2) is 36.8 Å². The Labute approximate surface area is 215 Å². The first-order chi connectivity index (χ1) is 17.9. The lowest BCUT2D eigenvalue weighted by Gasteiger charge is -2.42. The predicted molar refractivity (Wildman–Crippen MR) is 138 cm³/mol. The fraction of sp³-hybridized carbons (Fsp3) is 0.357. The number of benzene rings is 1. The zero-order valence-electron chi connectivity index (χ0n) is 21.0. The minimum atomic E-state index is -0.577. The maximum Gasteiger partial charge on any atom is 0.256 e. The van der Waals surface area contributed by atoms with Crippen molar-refractivity contribution in [3.8, 4) is 23.1 Å². The van der Waals surface area contributed by atoms with Crippen LogP contribution in [0.4, 0.5) is 10.2 Å². The zero-order chi connectivity index (χ0) is 25.9. The minimum Gasteiger partial charge on any atom is -0.384 e. The van der Waals surface area contributed by atoms with Gasteiger partial charge in [-0.25, -0.2) is 19.3 Å². The number of pyridine rings is 1. The molecule has 3 aromatic rings. The van der Waals surface area contributed by atoms with Crippen LogP contribution in [0.5, 0.6) is 0 Å². The summed E-state index contributed by atoms with van der Waals surface area (Å²) < 4.78 is 20.6. The highest BCUT2D eigenvalue weighted by Gasteiger charge is 2.31. The van der Waals surface area contributed by atoms with Crippen LogP contribution in [0.25, 0.3) is 11.3 Å². The number of nitrogens with zero attached hydrogens (tertiary/aromatic N) is 5. The van der Waals surface area contributed by atoms with Crippen LogP contribution in [-0.2, 0) is 11.2 Å². The van der Waals surface area contributed by atoms with Crippen LogP contribution in [-0.4, -0.2) is 76.1 Å². The van der Waals surface area contributed by atoms with Crippen molar-refractivity contribution in [3.05, 3.63) is 70.6 Å². The molecule has 4 heterocycles. The summed E-state index contributed by atoms with van der Waals surface area (Å²) in [5.41, 5.74) is 9.90. The topological polar surface area (TPSA) is 97.5 Å². The Bertz CT molecular complexity index is 1390. The number of ether oxygens (including phenoxy) is 1. The van der Waals surface area contributed by atoms with Gasteiger partial charge in [-0.15, -0.1) is 0 Å². The van der Waals surface area contributed by atoms with Crippen molar-refractivity contribution < 1.29 is 13.9 Å². The minimum absolute atomic E-state index is 0.0603. The molecule has 37 heavy (non-hydrogen) atoms. The Kier molecular flexibility index (Phi) is 7.12. The highest BCUT2D eigenvalue weighted by molar-refractivity contribution is 5.95. The van der Waals surface area contributed by atoms with E-state index in [4.69, 9.17) is 10.5 Å². The van der Waals surface area contributed by atoms with Crippen molar-refractivity contribution in [2.24, 2.45) is 0 Å². The second-order valence-corrected chi connectivity index (χ2v) is 9.29. The SMILES string of the molecule is CCc1ncnc(-c2ccc(C(=O)N3CCN(C4COC4)CC3)c(F)c2)c1C#Cc1cnc(N)cc1C. The molecule has 190 valence electrons. The Morgan fingerprint density at radius 3 is 2.57 bits per heavy atom. The second kappa shape index (κ2) is 10.6. The molecule has 1 aromatic carbocycles. The van der Waals surface area contributed by atoms with Crippen LogP contribution < -0.4 is 5.73 Å². The first-order valence-electron chi connectivity index (χ1n) is 12.4. The van der Waals surface area contributed by atoms with E-state index in [1.165, 1.54) is 18.5 Å². The summed E-state index contributed by atoms with van der Waals surface area (Å²) in [6.45, 7) is 8.07. The number of aryl methyl sites for hydroxylation is 2. The number of anilines is 1. The van der Waals surface area contributed by atoms with Gasteiger partial charge in [0.15, 0.2) is 0 Å². The van der Waals surface area contributed by atoms with E-state index in [2.05, 4.69) is 31.7 Å². The van der Waals surface area contributed by atoms with Gasteiger partial charge in [0.1, 0.15) is 18.0 Å². The molecule has 8 nitrogen and oxygen atoms in total. The lowest BCUT2D eigenvalue weighted by molar-refractivity contribution is -0.0746. The largest absolute Gasteiger partial charge is 0.384 e. The van der Waals surface area contributed by atoms with Gasteiger partial charge >= 0.3 is 0 Å². The molecule has 0 radical (unpaired) electrons. The Hall–Kier alpha value is -3.87. The van der Waals surface area contributed by atoms with Crippen molar-refractivity contribution in [2.45, 2.75) is 26.3 Å². The molecule has 0 saturated carbocycles. The quantitative estimate of drug-likeness (QED) is 0.550. The number of rotatable bonds is 4. The third-order valence-electron chi connectivity index (χ3n) is 6.93. The average molecular weight is 501 g/mol. The molecule has 2 saturated heterocycles. The molecular weight excluding hydrogens is 471 g/mol. The van der Waals surface area contributed by atoms with Gasteiger partial charge in [0.05, 0.1) is 41.8 Å². The number of nitrogens with two attached hydrogens (primary N) is 1. The number of hydrogen-bond donors (Lipinski definition) is 1. The van der Waals surface area contributed by atoms with E-state index in [0.717, 1.165) is 43.1 Å². The Morgan fingerprint density at radius 1 is 1.14 bits per heavy atom. The van der Waals surface area contributed by atoms with E-state index in [9.17, 15) is 4.79 Å². The molecule has 1 amide bonds. The monoisotopic (exact) mass is 500 g/mol. The summed E-state index contributed by atoms with van der Waals surface area (Å²) in [7, 11) is 0. The van der Waals surface area contributed by atoms with Gasteiger partial charge in [-0.05, 0) is 37.1 Å². The van der Waals surface area contributed by atoms with E-state index in [0.29, 0.717) is 48.2 Å². The van der Waals surface area contributed by atoms with Crippen molar-refractivity contribution >= 4 is 11.7 Å². The summed E-state index contributed by atoms with van der Waals surface area (Å²) in [6, 6.07) is 6.82. The summed E-state index contributed by atoms with van der Waals surface area (Å²) in [6.07, 6.45) is 3.72. The van der Waals surface area contributed by atoms with Gasteiger partial charge in [0.25, 0.3) is 5.91 Å².